The first kappa shape index (κ1) is 13.4. The molecule has 0 heterocycles. The van der Waals surface area contributed by atoms with E-state index in [4.69, 9.17) is 28.5 Å². The van der Waals surface area contributed by atoms with Crippen LogP contribution < -0.4 is 0 Å². The Balaban J connectivity index is 2.30. The van der Waals surface area contributed by atoms with Crippen molar-refractivity contribution in [2.45, 2.75) is 26.2 Å². The van der Waals surface area contributed by atoms with Gasteiger partial charge in [-0.2, -0.15) is 5.26 Å². The average molecular weight is 282 g/mol. The number of carbonyl (C=O) groups excluding carboxylic acids is 1. The third kappa shape index (κ3) is 2.25. The molecule has 0 N–H and O–H groups in total. The van der Waals surface area contributed by atoms with Gasteiger partial charge in [-0.3, -0.25) is 4.79 Å². The summed E-state index contributed by atoms with van der Waals surface area (Å²) < 4.78 is 0. The molecular weight excluding hydrogens is 269 g/mol. The molecule has 4 heteroatoms. The zero-order valence-electron chi connectivity index (χ0n) is 10.2. The van der Waals surface area contributed by atoms with Crippen LogP contribution in [0.25, 0.3) is 0 Å². The predicted molar refractivity (Wildman–Crippen MR) is 71.7 cm³/mol. The van der Waals surface area contributed by atoms with Gasteiger partial charge in [0.05, 0.1) is 12.5 Å². The summed E-state index contributed by atoms with van der Waals surface area (Å²) in [4.78, 5) is 11.9. The van der Waals surface area contributed by atoms with Crippen LogP contribution in [0, 0.1) is 22.7 Å². The van der Waals surface area contributed by atoms with Gasteiger partial charge in [-0.05, 0) is 29.2 Å². The first-order valence-corrected chi connectivity index (χ1v) is 6.49. The monoisotopic (exact) mass is 281 g/mol. The molecule has 1 aromatic carbocycles. The van der Waals surface area contributed by atoms with Gasteiger partial charge in [0.1, 0.15) is 0 Å². The minimum Gasteiger partial charge on any atom is -0.298 e. The first-order chi connectivity index (χ1) is 8.37. The zero-order chi connectivity index (χ0) is 13.5. The maximum Gasteiger partial charge on any atom is 0.151 e. The van der Waals surface area contributed by atoms with E-state index in [2.05, 4.69) is 0 Å². The molecule has 2 unspecified atom stereocenters. The van der Waals surface area contributed by atoms with Gasteiger partial charge in [-0.25, -0.2) is 0 Å². The molecule has 0 bridgehead atoms. The zero-order valence-corrected chi connectivity index (χ0v) is 11.7. The molecule has 0 saturated heterocycles. The van der Waals surface area contributed by atoms with Gasteiger partial charge in [0.15, 0.2) is 5.78 Å². The molecule has 18 heavy (non-hydrogen) atoms. The number of nitriles is 1. The highest BCUT2D eigenvalue weighted by molar-refractivity contribution is 6.34. The van der Waals surface area contributed by atoms with Gasteiger partial charge in [0.2, 0.25) is 0 Å². The number of Topliss-reactive ketones (excluding diaryl/α,β-unsaturated/α-hetero) is 1. The van der Waals surface area contributed by atoms with Gasteiger partial charge >= 0.3 is 0 Å². The molecule has 0 spiro atoms. The van der Waals surface area contributed by atoms with Crippen molar-refractivity contribution in [1.82, 2.24) is 0 Å². The molecule has 0 aromatic heterocycles. The highest BCUT2D eigenvalue weighted by Crippen LogP contribution is 2.65. The number of benzene rings is 1. The SMILES string of the molecule is CC1(C)C(C(=O)CC#N)C1c1cc(Cl)cc(Cl)c1. The molecule has 1 fully saturated rings. The van der Waals surface area contributed by atoms with Crippen molar-refractivity contribution in [1.29, 1.82) is 5.26 Å². The van der Waals surface area contributed by atoms with Crippen LogP contribution in [0.5, 0.6) is 0 Å². The van der Waals surface area contributed by atoms with E-state index in [0.717, 1.165) is 5.56 Å². The Morgan fingerprint density at radius 1 is 1.33 bits per heavy atom. The Morgan fingerprint density at radius 2 is 1.89 bits per heavy atom. The van der Waals surface area contributed by atoms with Crippen LogP contribution in [0.1, 0.15) is 31.7 Å². The normalized spacial score (nSPS) is 24.4. The second kappa shape index (κ2) is 4.57. The Kier molecular flexibility index (Phi) is 3.40. The van der Waals surface area contributed by atoms with Gasteiger partial charge in [0, 0.05) is 21.9 Å². The van der Waals surface area contributed by atoms with E-state index in [1.807, 2.05) is 32.0 Å². The maximum atomic E-state index is 11.9. The number of ketones is 1. The second-order valence-corrected chi connectivity index (χ2v) is 6.15. The Bertz CT molecular complexity index is 525. The molecule has 1 aliphatic carbocycles. The van der Waals surface area contributed by atoms with Crippen molar-refractivity contribution in [2.24, 2.45) is 11.3 Å². The molecule has 0 radical (unpaired) electrons. The smallest absolute Gasteiger partial charge is 0.151 e. The van der Waals surface area contributed by atoms with Crippen molar-refractivity contribution < 1.29 is 4.79 Å². The lowest BCUT2D eigenvalue weighted by molar-refractivity contribution is -0.120. The third-order valence-electron chi connectivity index (χ3n) is 3.67. The third-order valence-corrected chi connectivity index (χ3v) is 4.11. The summed E-state index contributed by atoms with van der Waals surface area (Å²) in [5, 5.41) is 9.77. The van der Waals surface area contributed by atoms with Crippen LogP contribution in [0.2, 0.25) is 10.0 Å². The summed E-state index contributed by atoms with van der Waals surface area (Å²) in [6.07, 6.45) is -0.0289. The van der Waals surface area contributed by atoms with Crippen LogP contribution >= 0.6 is 23.2 Å². The van der Waals surface area contributed by atoms with Gasteiger partial charge in [0.25, 0.3) is 0 Å². The number of carbonyl (C=O) groups is 1. The maximum absolute atomic E-state index is 11.9. The lowest BCUT2D eigenvalue weighted by atomic mass is 10.0. The minimum atomic E-state index is -0.123. The largest absolute Gasteiger partial charge is 0.298 e. The van der Waals surface area contributed by atoms with Crippen LogP contribution in [0.15, 0.2) is 18.2 Å². The highest BCUT2D eigenvalue weighted by Gasteiger charge is 2.61. The molecule has 2 nitrogen and oxygen atoms in total. The van der Waals surface area contributed by atoms with E-state index in [1.165, 1.54) is 0 Å². The quantitative estimate of drug-likeness (QED) is 0.833. The summed E-state index contributed by atoms with van der Waals surface area (Å²) in [7, 11) is 0. The van der Waals surface area contributed by atoms with Crippen LogP contribution in [-0.2, 0) is 4.79 Å². The molecule has 1 aliphatic rings. The Hall–Kier alpha value is -1.04. The number of rotatable bonds is 3. The predicted octanol–water partition coefficient (Wildman–Crippen LogP) is 4.22. The second-order valence-electron chi connectivity index (χ2n) is 5.28. The molecule has 0 amide bonds. The Morgan fingerprint density at radius 3 is 2.39 bits per heavy atom. The van der Waals surface area contributed by atoms with Crippen molar-refractivity contribution in [3.8, 4) is 6.07 Å². The van der Waals surface area contributed by atoms with E-state index < -0.39 is 0 Å². The molecule has 1 aromatic rings. The van der Waals surface area contributed by atoms with Gasteiger partial charge in [-0.1, -0.05) is 37.0 Å². The van der Waals surface area contributed by atoms with Crippen molar-refractivity contribution >= 4 is 29.0 Å². The summed E-state index contributed by atoms with van der Waals surface area (Å²) in [5.74, 6) is 0.00447. The number of halogens is 2. The van der Waals surface area contributed by atoms with Gasteiger partial charge in [-0.15, -0.1) is 0 Å². The van der Waals surface area contributed by atoms with E-state index in [1.54, 1.807) is 6.07 Å². The topological polar surface area (TPSA) is 40.9 Å². The molecule has 1 saturated carbocycles. The Labute approximate surface area is 117 Å². The fraction of sp³-hybridized carbons (Fsp3) is 0.429. The van der Waals surface area contributed by atoms with E-state index in [9.17, 15) is 4.79 Å². The van der Waals surface area contributed by atoms with Crippen LogP contribution in [0.3, 0.4) is 0 Å². The van der Waals surface area contributed by atoms with E-state index in [-0.39, 0.29) is 29.5 Å². The molecule has 2 atom stereocenters. The molecule has 2 rings (SSSR count). The molecule has 94 valence electrons. The van der Waals surface area contributed by atoms with E-state index in [0.29, 0.717) is 10.0 Å². The number of nitrogens with zero attached hydrogens (tertiary/aromatic N) is 1. The van der Waals surface area contributed by atoms with Crippen LogP contribution in [-0.4, -0.2) is 5.78 Å². The minimum absolute atomic E-state index is 0.00333. The number of hydrogen-bond acceptors (Lipinski definition) is 2. The highest BCUT2D eigenvalue weighted by atomic mass is 35.5. The van der Waals surface area contributed by atoms with Crippen molar-refractivity contribution in [3.63, 3.8) is 0 Å². The molecule has 0 aliphatic heterocycles. The summed E-state index contributed by atoms with van der Waals surface area (Å²) >= 11 is 12.0. The lowest BCUT2D eigenvalue weighted by Crippen LogP contribution is -2.04. The summed E-state index contributed by atoms with van der Waals surface area (Å²) in [6.45, 7) is 4.07. The fourth-order valence-electron chi connectivity index (χ4n) is 2.80. The average Bonchev–Trinajstić information content (AvgIpc) is 2.80. The molecular formula is C14H13Cl2NO. The summed E-state index contributed by atoms with van der Waals surface area (Å²) in [6, 6.07) is 7.29. The van der Waals surface area contributed by atoms with Gasteiger partial charge < -0.3 is 0 Å². The first-order valence-electron chi connectivity index (χ1n) is 5.73. The lowest BCUT2D eigenvalue weighted by Gasteiger charge is -2.04. The van der Waals surface area contributed by atoms with Crippen molar-refractivity contribution in [2.75, 3.05) is 0 Å². The van der Waals surface area contributed by atoms with Crippen LogP contribution in [0.4, 0.5) is 0 Å². The standard InChI is InChI=1S/C14H13Cl2NO/c1-14(2)12(13(14)11(18)3-4-17)8-5-9(15)7-10(16)6-8/h5-7,12-13H,3H2,1-2H3. The summed E-state index contributed by atoms with van der Waals surface area (Å²) in [5.41, 5.74) is 0.857. The number of hydrogen-bond donors (Lipinski definition) is 0. The van der Waals surface area contributed by atoms with E-state index >= 15 is 0 Å². The van der Waals surface area contributed by atoms with Crippen molar-refractivity contribution in [3.05, 3.63) is 33.8 Å². The fourth-order valence-corrected chi connectivity index (χ4v) is 3.35.